The van der Waals surface area contributed by atoms with E-state index in [2.05, 4.69) is 10.3 Å². The van der Waals surface area contributed by atoms with Gasteiger partial charge in [-0.3, -0.25) is 9.79 Å². The zero-order chi connectivity index (χ0) is 26.5. The van der Waals surface area contributed by atoms with Crippen LogP contribution in [0.4, 0.5) is 10.1 Å². The Labute approximate surface area is 211 Å². The molecule has 9 heteroatoms. The van der Waals surface area contributed by atoms with Crippen LogP contribution in [-0.2, 0) is 4.79 Å². The van der Waals surface area contributed by atoms with Gasteiger partial charge in [0.15, 0.2) is 6.29 Å². The van der Waals surface area contributed by atoms with E-state index in [9.17, 15) is 9.18 Å². The predicted octanol–water partition coefficient (Wildman–Crippen LogP) is 3.79. The van der Waals surface area contributed by atoms with Gasteiger partial charge in [0.2, 0.25) is 0 Å². The van der Waals surface area contributed by atoms with E-state index in [4.69, 9.17) is 21.8 Å². The summed E-state index contributed by atoms with van der Waals surface area (Å²) in [7, 11) is 0. The highest BCUT2D eigenvalue weighted by atomic mass is 19.1. The largest absolute Gasteiger partial charge is 0.397 e. The second kappa shape index (κ2) is 14.8. The van der Waals surface area contributed by atoms with Gasteiger partial charge in [0.25, 0.3) is 5.91 Å². The fourth-order valence-electron chi connectivity index (χ4n) is 3.36. The lowest BCUT2D eigenvalue weighted by Crippen LogP contribution is -2.37. The SMILES string of the molecule is C\C=C/C=C(C)/C(N)=C/N(N)C1C=C(/N=C/CCCCC(O)O)C(C(=O)Nc2ccc(F)cc2)=CC1. The molecule has 0 saturated carbocycles. The average molecular weight is 498 g/mol. The highest BCUT2D eigenvalue weighted by Crippen LogP contribution is 2.25. The molecular weight excluding hydrogens is 461 g/mol. The fourth-order valence-corrected chi connectivity index (χ4v) is 3.36. The number of hydrazine groups is 1. The Morgan fingerprint density at radius 3 is 2.69 bits per heavy atom. The monoisotopic (exact) mass is 497 g/mol. The first-order valence-electron chi connectivity index (χ1n) is 11.9. The lowest BCUT2D eigenvalue weighted by atomic mass is 9.98. The quantitative estimate of drug-likeness (QED) is 0.0744. The summed E-state index contributed by atoms with van der Waals surface area (Å²) in [4.78, 5) is 17.5. The summed E-state index contributed by atoms with van der Waals surface area (Å²) in [5.74, 6) is 5.53. The molecule has 1 aromatic rings. The van der Waals surface area contributed by atoms with E-state index in [1.54, 1.807) is 18.5 Å². The number of allylic oxidation sites excluding steroid dienone is 4. The van der Waals surface area contributed by atoms with Crippen LogP contribution < -0.4 is 16.9 Å². The van der Waals surface area contributed by atoms with E-state index in [1.165, 1.54) is 29.3 Å². The lowest BCUT2D eigenvalue weighted by Gasteiger charge is -2.27. The third-order valence-electron chi connectivity index (χ3n) is 5.48. The van der Waals surface area contributed by atoms with Crippen molar-refractivity contribution in [2.45, 2.75) is 58.3 Å². The van der Waals surface area contributed by atoms with E-state index >= 15 is 0 Å². The summed E-state index contributed by atoms with van der Waals surface area (Å²) >= 11 is 0. The zero-order valence-electron chi connectivity index (χ0n) is 20.8. The van der Waals surface area contributed by atoms with E-state index in [1.807, 2.05) is 38.2 Å². The highest BCUT2D eigenvalue weighted by molar-refractivity contribution is 6.07. The van der Waals surface area contributed by atoms with Crippen LogP contribution in [0.15, 0.2) is 88.4 Å². The van der Waals surface area contributed by atoms with E-state index in [-0.39, 0.29) is 11.9 Å². The van der Waals surface area contributed by atoms with Crippen molar-refractivity contribution in [3.8, 4) is 0 Å². The van der Waals surface area contributed by atoms with Crippen LogP contribution in [0.2, 0.25) is 0 Å². The molecule has 0 heterocycles. The molecule has 0 radical (unpaired) electrons. The molecule has 0 aromatic heterocycles. The zero-order valence-corrected chi connectivity index (χ0v) is 20.8. The average Bonchev–Trinajstić information content (AvgIpc) is 2.85. The van der Waals surface area contributed by atoms with Gasteiger partial charge in [-0.2, -0.15) is 0 Å². The summed E-state index contributed by atoms with van der Waals surface area (Å²) in [6.45, 7) is 3.81. The second-order valence-electron chi connectivity index (χ2n) is 8.42. The summed E-state index contributed by atoms with van der Waals surface area (Å²) in [5.41, 5.74) is 8.85. The van der Waals surface area contributed by atoms with Gasteiger partial charge in [-0.1, -0.05) is 24.3 Å². The Morgan fingerprint density at radius 1 is 1.31 bits per heavy atom. The van der Waals surface area contributed by atoms with Crippen LogP contribution in [0.5, 0.6) is 0 Å². The minimum absolute atomic E-state index is 0.280. The van der Waals surface area contributed by atoms with Gasteiger partial charge in [-0.15, -0.1) is 0 Å². The lowest BCUT2D eigenvalue weighted by molar-refractivity contribution is -0.112. The number of unbranched alkanes of at least 4 members (excludes halogenated alkanes) is 2. The van der Waals surface area contributed by atoms with Crippen LogP contribution in [-0.4, -0.2) is 39.7 Å². The summed E-state index contributed by atoms with van der Waals surface area (Å²) in [6, 6.07) is 5.24. The highest BCUT2D eigenvalue weighted by Gasteiger charge is 2.23. The molecule has 0 fully saturated rings. The molecule has 194 valence electrons. The van der Waals surface area contributed by atoms with Crippen molar-refractivity contribution in [1.82, 2.24) is 5.01 Å². The molecule has 1 unspecified atom stereocenters. The van der Waals surface area contributed by atoms with Crippen molar-refractivity contribution < 1.29 is 19.4 Å². The molecule has 1 aliphatic rings. The standard InChI is InChI=1S/C27H36FN5O3/c1-3-4-8-19(2)24(29)18-33(30)22-14-15-23(27(36)32-21-12-10-20(28)11-13-21)25(17-22)31-16-7-5-6-9-26(34)35/h3-4,8,10-13,15-18,22,26,34-35H,5-7,9,14,29-30H2,1-2H3,(H,32,36)/b4-3-,19-8+,24-18-,31-16+. The van der Waals surface area contributed by atoms with Crippen LogP contribution in [0.1, 0.15) is 46.0 Å². The number of hydrogen-bond acceptors (Lipinski definition) is 7. The fraction of sp³-hybridized carbons (Fsp3) is 0.333. The number of benzene rings is 1. The molecule has 0 bridgehead atoms. The number of anilines is 1. The second-order valence-corrected chi connectivity index (χ2v) is 8.42. The van der Waals surface area contributed by atoms with Crippen LogP contribution in [0.25, 0.3) is 0 Å². The number of amides is 1. The van der Waals surface area contributed by atoms with Gasteiger partial charge in [0, 0.05) is 18.1 Å². The van der Waals surface area contributed by atoms with Gasteiger partial charge in [-0.25, -0.2) is 10.2 Å². The molecular formula is C27H36FN5O3. The maximum atomic E-state index is 13.2. The van der Waals surface area contributed by atoms with E-state index < -0.39 is 12.1 Å². The Kier molecular flexibility index (Phi) is 11.8. The maximum absolute atomic E-state index is 13.2. The molecule has 0 spiro atoms. The molecule has 7 N–H and O–H groups in total. The van der Waals surface area contributed by atoms with E-state index in [0.717, 1.165) is 12.0 Å². The first-order chi connectivity index (χ1) is 17.2. The molecule has 0 saturated heterocycles. The van der Waals surface area contributed by atoms with Crippen molar-refractivity contribution >= 4 is 17.8 Å². The number of hydrogen-bond donors (Lipinski definition) is 5. The van der Waals surface area contributed by atoms with Gasteiger partial charge < -0.3 is 26.3 Å². The molecule has 0 aliphatic heterocycles. The molecule has 1 amide bonds. The minimum Gasteiger partial charge on any atom is -0.397 e. The molecule has 1 atom stereocenters. The number of aliphatic imine (C=N–C) groups is 1. The van der Waals surface area contributed by atoms with Crippen LogP contribution >= 0.6 is 0 Å². The molecule has 1 aliphatic carbocycles. The van der Waals surface area contributed by atoms with Gasteiger partial charge >= 0.3 is 0 Å². The Morgan fingerprint density at radius 2 is 2.03 bits per heavy atom. The number of carbonyl (C=O) groups is 1. The minimum atomic E-state index is -1.32. The first kappa shape index (κ1) is 28.7. The third kappa shape index (κ3) is 9.61. The number of rotatable bonds is 12. The van der Waals surface area contributed by atoms with Crippen molar-refractivity contribution in [3.05, 3.63) is 89.2 Å². The van der Waals surface area contributed by atoms with E-state index in [0.29, 0.717) is 48.3 Å². The van der Waals surface area contributed by atoms with Crippen molar-refractivity contribution in [3.63, 3.8) is 0 Å². The third-order valence-corrected chi connectivity index (χ3v) is 5.48. The smallest absolute Gasteiger partial charge is 0.257 e. The van der Waals surface area contributed by atoms with Gasteiger partial charge in [0.1, 0.15) is 5.82 Å². The molecule has 8 nitrogen and oxygen atoms in total. The number of aliphatic hydroxyl groups is 2. The Bertz CT molecular complexity index is 1060. The number of nitrogens with one attached hydrogen (secondary N) is 1. The maximum Gasteiger partial charge on any atom is 0.257 e. The summed E-state index contributed by atoms with van der Waals surface area (Å²) in [6.07, 6.45) is 14.0. The normalized spacial score (nSPS) is 17.0. The summed E-state index contributed by atoms with van der Waals surface area (Å²) in [5, 5.41) is 22.2. The van der Waals surface area contributed by atoms with Crippen LogP contribution in [0, 0.1) is 5.82 Å². The van der Waals surface area contributed by atoms with Crippen LogP contribution in [0.3, 0.4) is 0 Å². The Balaban J connectivity index is 2.20. The Hall–Kier alpha value is -3.53. The number of halogens is 1. The van der Waals surface area contributed by atoms with Crippen molar-refractivity contribution in [2.24, 2.45) is 16.6 Å². The van der Waals surface area contributed by atoms with Gasteiger partial charge in [0.05, 0.1) is 23.0 Å². The van der Waals surface area contributed by atoms with Crippen molar-refractivity contribution in [1.29, 1.82) is 0 Å². The molecule has 36 heavy (non-hydrogen) atoms. The van der Waals surface area contributed by atoms with Crippen molar-refractivity contribution in [2.75, 3.05) is 5.32 Å². The van der Waals surface area contributed by atoms with Gasteiger partial charge in [-0.05, 0) is 81.9 Å². The topological polar surface area (TPSA) is 137 Å². The number of nitrogens with zero attached hydrogens (tertiary/aromatic N) is 2. The molecule has 2 rings (SSSR count). The number of nitrogens with two attached hydrogens (primary N) is 2. The summed E-state index contributed by atoms with van der Waals surface area (Å²) < 4.78 is 13.2. The number of carbonyl (C=O) groups excluding carboxylic acids is 1. The first-order valence-corrected chi connectivity index (χ1v) is 11.9. The molecule has 1 aromatic carbocycles. The number of aliphatic hydroxyl groups excluding tert-OH is 1. The predicted molar refractivity (Wildman–Crippen MR) is 142 cm³/mol.